The molecule has 0 fully saturated rings. The van der Waals surface area contributed by atoms with Crippen LogP contribution in [-0.4, -0.2) is 33.4 Å². The van der Waals surface area contributed by atoms with Crippen LogP contribution in [0.3, 0.4) is 0 Å². The molecule has 2 aromatic carbocycles. The van der Waals surface area contributed by atoms with Gasteiger partial charge in [0.1, 0.15) is 6.04 Å². The predicted octanol–water partition coefficient (Wildman–Crippen LogP) is 3.24. The van der Waals surface area contributed by atoms with Crippen molar-refractivity contribution in [3.8, 4) is 0 Å². The van der Waals surface area contributed by atoms with E-state index in [1.165, 1.54) is 0 Å². The highest BCUT2D eigenvalue weighted by atomic mass is 16.4. The zero-order valence-electron chi connectivity index (χ0n) is 15.0. The molecule has 0 aliphatic carbocycles. The first-order chi connectivity index (χ1) is 13.6. The summed E-state index contributed by atoms with van der Waals surface area (Å²) in [4.78, 5) is 29.4. The molecule has 28 heavy (non-hydrogen) atoms. The summed E-state index contributed by atoms with van der Waals surface area (Å²) in [5.41, 5.74) is 8.74. The maximum atomic E-state index is 10.6. The highest BCUT2D eigenvalue weighted by Gasteiger charge is 2.12. The third-order valence-corrected chi connectivity index (χ3v) is 4.17. The SMILES string of the molecule is N[C@@H](Cc1cnc2ccccc2c1)C(=O)O.O=Cc1cnc2ccccc2c1. The minimum atomic E-state index is -0.992. The molecule has 0 unspecified atom stereocenters. The minimum Gasteiger partial charge on any atom is -0.480 e. The van der Waals surface area contributed by atoms with Crippen molar-refractivity contribution < 1.29 is 14.7 Å². The number of carboxylic acid groups (broad SMARTS) is 1. The van der Waals surface area contributed by atoms with E-state index in [9.17, 15) is 9.59 Å². The van der Waals surface area contributed by atoms with Gasteiger partial charge in [-0.25, -0.2) is 0 Å². The largest absolute Gasteiger partial charge is 0.480 e. The fourth-order valence-corrected chi connectivity index (χ4v) is 2.72. The normalized spacial score (nSPS) is 11.5. The van der Waals surface area contributed by atoms with Crippen molar-refractivity contribution in [3.63, 3.8) is 0 Å². The van der Waals surface area contributed by atoms with Crippen molar-refractivity contribution in [1.29, 1.82) is 0 Å². The summed E-state index contributed by atoms with van der Waals surface area (Å²) in [6.45, 7) is 0. The number of nitrogens with two attached hydrogens (primary N) is 1. The van der Waals surface area contributed by atoms with Gasteiger partial charge in [-0.05, 0) is 36.2 Å². The van der Waals surface area contributed by atoms with Crippen molar-refractivity contribution in [3.05, 3.63) is 84.2 Å². The van der Waals surface area contributed by atoms with Crippen LogP contribution in [0.25, 0.3) is 21.8 Å². The van der Waals surface area contributed by atoms with Crippen LogP contribution in [0, 0.1) is 0 Å². The minimum absolute atomic E-state index is 0.299. The number of benzene rings is 2. The van der Waals surface area contributed by atoms with Crippen LogP contribution in [0.1, 0.15) is 15.9 Å². The lowest BCUT2D eigenvalue weighted by Crippen LogP contribution is -2.32. The molecule has 0 aliphatic rings. The standard InChI is InChI=1S/C12H12N2O2.C10H7NO/c13-10(12(15)16)6-8-5-9-3-1-2-4-11(9)14-7-8;12-7-8-5-9-3-1-2-4-10(9)11-6-8/h1-5,7,10H,6,13H2,(H,15,16);1-7H/t10-;/m0./s1. The Bertz CT molecular complexity index is 1130. The van der Waals surface area contributed by atoms with Gasteiger partial charge in [-0.3, -0.25) is 19.6 Å². The van der Waals surface area contributed by atoms with Gasteiger partial charge in [0.25, 0.3) is 0 Å². The summed E-state index contributed by atoms with van der Waals surface area (Å²) in [7, 11) is 0. The Labute approximate surface area is 161 Å². The van der Waals surface area contributed by atoms with E-state index >= 15 is 0 Å². The summed E-state index contributed by atoms with van der Waals surface area (Å²) in [6, 6.07) is 18.3. The van der Waals surface area contributed by atoms with Crippen molar-refractivity contribution in [2.75, 3.05) is 0 Å². The number of carboxylic acids is 1. The van der Waals surface area contributed by atoms with Gasteiger partial charge < -0.3 is 10.8 Å². The predicted molar refractivity (Wildman–Crippen MR) is 108 cm³/mol. The first kappa shape index (κ1) is 19.1. The lowest BCUT2D eigenvalue weighted by Gasteiger charge is -2.06. The van der Waals surface area contributed by atoms with Gasteiger partial charge in [0.2, 0.25) is 0 Å². The Morgan fingerprint density at radius 1 is 0.964 bits per heavy atom. The van der Waals surface area contributed by atoms with E-state index < -0.39 is 12.0 Å². The fraction of sp³-hybridized carbons (Fsp3) is 0.0909. The highest BCUT2D eigenvalue weighted by Crippen LogP contribution is 2.13. The van der Waals surface area contributed by atoms with Crippen LogP contribution in [0.4, 0.5) is 0 Å². The van der Waals surface area contributed by atoms with Gasteiger partial charge in [0, 0.05) is 28.7 Å². The van der Waals surface area contributed by atoms with E-state index in [0.717, 1.165) is 33.7 Å². The molecule has 2 heterocycles. The number of carbonyl (C=O) groups is 2. The summed E-state index contributed by atoms with van der Waals surface area (Å²) >= 11 is 0. The maximum Gasteiger partial charge on any atom is 0.320 e. The van der Waals surface area contributed by atoms with E-state index in [4.69, 9.17) is 10.8 Å². The number of aromatic nitrogens is 2. The van der Waals surface area contributed by atoms with E-state index in [-0.39, 0.29) is 0 Å². The first-order valence-electron chi connectivity index (χ1n) is 8.69. The molecule has 0 saturated carbocycles. The van der Waals surface area contributed by atoms with Crippen molar-refractivity contribution in [1.82, 2.24) is 9.97 Å². The molecule has 0 aliphatic heterocycles. The topological polar surface area (TPSA) is 106 Å². The second kappa shape index (κ2) is 8.83. The molecule has 4 aromatic rings. The van der Waals surface area contributed by atoms with Crippen LogP contribution in [0.5, 0.6) is 0 Å². The molecule has 2 aromatic heterocycles. The molecule has 6 nitrogen and oxygen atoms in total. The van der Waals surface area contributed by atoms with Gasteiger partial charge in [-0.15, -0.1) is 0 Å². The average molecular weight is 373 g/mol. The Hall–Kier alpha value is -3.64. The lowest BCUT2D eigenvalue weighted by atomic mass is 10.1. The van der Waals surface area contributed by atoms with Crippen molar-refractivity contribution in [2.45, 2.75) is 12.5 Å². The fourth-order valence-electron chi connectivity index (χ4n) is 2.72. The van der Waals surface area contributed by atoms with E-state index in [1.807, 2.05) is 60.7 Å². The Morgan fingerprint density at radius 2 is 1.54 bits per heavy atom. The van der Waals surface area contributed by atoms with Crippen molar-refractivity contribution >= 4 is 34.1 Å². The van der Waals surface area contributed by atoms with Crippen LogP contribution in [0.2, 0.25) is 0 Å². The maximum absolute atomic E-state index is 10.6. The number of para-hydroxylation sites is 2. The van der Waals surface area contributed by atoms with E-state index in [1.54, 1.807) is 12.4 Å². The number of hydrogen-bond donors (Lipinski definition) is 2. The number of aldehydes is 1. The van der Waals surface area contributed by atoms with Crippen molar-refractivity contribution in [2.24, 2.45) is 5.73 Å². The zero-order chi connectivity index (χ0) is 19.9. The average Bonchev–Trinajstić information content (AvgIpc) is 2.73. The molecule has 1 atom stereocenters. The number of hydrogen-bond acceptors (Lipinski definition) is 5. The number of fused-ring (bicyclic) bond motifs is 2. The number of carbonyl (C=O) groups excluding carboxylic acids is 1. The summed E-state index contributed by atoms with van der Waals surface area (Å²) in [6.07, 6.45) is 4.35. The second-order valence-electron chi connectivity index (χ2n) is 6.26. The molecule has 140 valence electrons. The Morgan fingerprint density at radius 3 is 2.14 bits per heavy atom. The first-order valence-corrected chi connectivity index (χ1v) is 8.69. The molecular formula is C22H19N3O3. The molecule has 4 rings (SSSR count). The van der Waals surface area contributed by atoms with Crippen LogP contribution >= 0.6 is 0 Å². The zero-order valence-corrected chi connectivity index (χ0v) is 15.0. The van der Waals surface area contributed by atoms with Crippen LogP contribution < -0.4 is 5.73 Å². The third-order valence-electron chi connectivity index (χ3n) is 4.17. The Balaban J connectivity index is 0.000000167. The lowest BCUT2D eigenvalue weighted by molar-refractivity contribution is -0.138. The summed E-state index contributed by atoms with van der Waals surface area (Å²) < 4.78 is 0. The Kier molecular flexibility index (Phi) is 6.04. The van der Waals surface area contributed by atoms with Gasteiger partial charge in [0.15, 0.2) is 6.29 Å². The van der Waals surface area contributed by atoms with E-state index in [0.29, 0.717) is 12.0 Å². The third kappa shape index (κ3) is 4.75. The van der Waals surface area contributed by atoms with E-state index in [2.05, 4.69) is 9.97 Å². The number of nitrogens with zero attached hydrogens (tertiary/aromatic N) is 2. The number of rotatable bonds is 4. The van der Waals surface area contributed by atoms with Gasteiger partial charge in [0.05, 0.1) is 11.0 Å². The van der Waals surface area contributed by atoms with Gasteiger partial charge in [-0.1, -0.05) is 36.4 Å². The van der Waals surface area contributed by atoms with Gasteiger partial charge in [-0.2, -0.15) is 0 Å². The quantitative estimate of drug-likeness (QED) is 0.532. The smallest absolute Gasteiger partial charge is 0.320 e. The summed E-state index contributed by atoms with van der Waals surface area (Å²) in [5.74, 6) is -0.992. The summed E-state index contributed by atoms with van der Waals surface area (Å²) in [5, 5.41) is 10.7. The van der Waals surface area contributed by atoms with Crippen LogP contribution in [-0.2, 0) is 11.2 Å². The van der Waals surface area contributed by atoms with Gasteiger partial charge >= 0.3 is 5.97 Å². The molecular weight excluding hydrogens is 354 g/mol. The molecule has 3 N–H and O–H groups in total. The monoisotopic (exact) mass is 373 g/mol. The number of pyridine rings is 2. The number of aliphatic carboxylic acids is 1. The highest BCUT2D eigenvalue weighted by molar-refractivity contribution is 5.85. The molecule has 0 amide bonds. The molecule has 0 bridgehead atoms. The van der Waals surface area contributed by atoms with Crippen LogP contribution in [0.15, 0.2) is 73.1 Å². The molecule has 0 radical (unpaired) electrons. The molecule has 0 saturated heterocycles. The second-order valence-corrected chi connectivity index (χ2v) is 6.26. The molecule has 6 heteroatoms. The molecule has 0 spiro atoms.